The average Bonchev–Trinajstić information content (AvgIpc) is 3.13. The summed E-state index contributed by atoms with van der Waals surface area (Å²) in [7, 11) is 0. The lowest BCUT2D eigenvalue weighted by molar-refractivity contribution is 0.207. The van der Waals surface area contributed by atoms with E-state index < -0.39 is 0 Å². The first-order valence-corrected chi connectivity index (χ1v) is 8.88. The van der Waals surface area contributed by atoms with Crippen molar-refractivity contribution in [3.05, 3.63) is 0 Å². The Morgan fingerprint density at radius 3 is 2.11 bits per heavy atom. The maximum atomic E-state index is 2.56. The number of hydrogen-bond donors (Lipinski definition) is 0. The normalized spacial score (nSPS) is 36.8. The van der Waals surface area contributed by atoms with Crippen LogP contribution in [0.3, 0.4) is 0 Å². The molecule has 0 aromatic rings. The fourth-order valence-electron chi connectivity index (χ4n) is 4.88. The van der Waals surface area contributed by atoms with Crippen LogP contribution in [-0.2, 0) is 0 Å². The van der Waals surface area contributed by atoms with Crippen molar-refractivity contribution < 1.29 is 0 Å². The highest BCUT2D eigenvalue weighted by Gasteiger charge is 2.83. The minimum Gasteiger partial charge on any atom is -0.0654 e. The molecule has 0 aromatic heterocycles. The van der Waals surface area contributed by atoms with Crippen molar-refractivity contribution in [2.75, 3.05) is 0 Å². The highest BCUT2D eigenvalue weighted by molar-refractivity contribution is 5.32. The third-order valence-electron chi connectivity index (χ3n) is 6.84. The Labute approximate surface area is 121 Å². The van der Waals surface area contributed by atoms with E-state index in [1.165, 1.54) is 32.1 Å². The molecule has 3 unspecified atom stereocenters. The second kappa shape index (κ2) is 5.41. The fourth-order valence-corrected chi connectivity index (χ4v) is 4.88. The van der Waals surface area contributed by atoms with Crippen molar-refractivity contribution in [1.82, 2.24) is 0 Å². The number of rotatable bonds is 9. The summed E-state index contributed by atoms with van der Waals surface area (Å²) in [6.45, 7) is 14.7. The molecule has 3 atom stereocenters. The second-order valence-electron chi connectivity index (χ2n) is 8.49. The van der Waals surface area contributed by atoms with Gasteiger partial charge < -0.3 is 0 Å². The topological polar surface area (TPSA) is 0 Å². The Hall–Kier alpha value is 0. The first-order valence-electron chi connectivity index (χ1n) is 8.88. The van der Waals surface area contributed by atoms with Gasteiger partial charge in [0.1, 0.15) is 0 Å². The van der Waals surface area contributed by atoms with Crippen molar-refractivity contribution in [2.45, 2.75) is 86.5 Å². The largest absolute Gasteiger partial charge is 0.0654 e. The predicted octanol–water partition coefficient (Wildman–Crippen LogP) is 6.30. The predicted molar refractivity (Wildman–Crippen MR) is 85.2 cm³/mol. The Morgan fingerprint density at radius 2 is 1.58 bits per heavy atom. The van der Waals surface area contributed by atoms with Crippen LogP contribution < -0.4 is 0 Å². The monoisotopic (exact) mass is 264 g/mol. The molecule has 2 aliphatic carbocycles. The zero-order valence-electron chi connectivity index (χ0n) is 14.3. The smallest absolute Gasteiger partial charge is 0.0201 e. The summed E-state index contributed by atoms with van der Waals surface area (Å²) in [5.74, 6) is 3.69. The molecule has 0 saturated heterocycles. The van der Waals surface area contributed by atoms with E-state index in [9.17, 15) is 0 Å². The fraction of sp³-hybridized carbons (Fsp3) is 1.00. The molecule has 0 aromatic carbocycles. The summed E-state index contributed by atoms with van der Waals surface area (Å²) in [4.78, 5) is 0. The summed E-state index contributed by atoms with van der Waals surface area (Å²) in [6, 6.07) is 0. The van der Waals surface area contributed by atoms with Gasteiger partial charge in [0, 0.05) is 0 Å². The van der Waals surface area contributed by atoms with E-state index in [1.807, 2.05) is 0 Å². The third-order valence-corrected chi connectivity index (χ3v) is 6.84. The molecule has 0 heteroatoms. The molecule has 0 radical (unpaired) electrons. The van der Waals surface area contributed by atoms with Crippen molar-refractivity contribution >= 4 is 0 Å². The summed E-state index contributed by atoms with van der Waals surface area (Å²) in [6.07, 6.45) is 10.3. The quantitative estimate of drug-likeness (QED) is 0.458. The van der Waals surface area contributed by atoms with Crippen molar-refractivity contribution in [1.29, 1.82) is 0 Å². The molecular weight excluding hydrogens is 228 g/mol. The first kappa shape index (κ1) is 15.4. The van der Waals surface area contributed by atoms with Gasteiger partial charge in [-0.1, -0.05) is 67.2 Å². The Bertz CT molecular complexity index is 295. The average molecular weight is 264 g/mol. The molecule has 2 aliphatic rings. The van der Waals surface area contributed by atoms with Crippen molar-refractivity contribution in [2.24, 2.45) is 34.5 Å². The summed E-state index contributed by atoms with van der Waals surface area (Å²) >= 11 is 0. The lowest BCUT2D eigenvalue weighted by Gasteiger charge is -2.28. The zero-order chi connectivity index (χ0) is 14.3. The molecule has 2 rings (SSSR count). The molecule has 2 saturated carbocycles. The molecule has 0 N–H and O–H groups in total. The van der Waals surface area contributed by atoms with E-state index >= 15 is 0 Å². The maximum absolute atomic E-state index is 2.56. The Kier molecular flexibility index (Phi) is 4.38. The first-order chi connectivity index (χ1) is 8.88. The van der Waals surface area contributed by atoms with E-state index in [2.05, 4.69) is 41.5 Å². The summed E-state index contributed by atoms with van der Waals surface area (Å²) < 4.78 is 0. The van der Waals surface area contributed by atoms with Gasteiger partial charge in [0.05, 0.1) is 0 Å². The minimum absolute atomic E-state index is 0.814. The van der Waals surface area contributed by atoms with Crippen LogP contribution in [0.15, 0.2) is 0 Å². The summed E-state index contributed by atoms with van der Waals surface area (Å²) in [5.41, 5.74) is 1.65. The molecule has 0 aliphatic heterocycles. The molecule has 0 spiro atoms. The van der Waals surface area contributed by atoms with E-state index in [0.717, 1.165) is 34.5 Å². The van der Waals surface area contributed by atoms with E-state index in [4.69, 9.17) is 0 Å². The highest BCUT2D eigenvalue weighted by Crippen LogP contribution is 2.91. The molecule has 112 valence electrons. The standard InChI is InChI=1S/C19H36/c1-7-11-18-12-19(18,13-18)17(6)16(5)15(4)10-8-9-14(2)3/h14-17H,7-13H2,1-6H3. The SMILES string of the molecule is CCCC12CC1(C(C)C(C)C(C)CCCC(C)C)C2. The molecule has 19 heavy (non-hydrogen) atoms. The van der Waals surface area contributed by atoms with Gasteiger partial charge >= 0.3 is 0 Å². The lowest BCUT2D eigenvalue weighted by atomic mass is 9.77. The Balaban J connectivity index is 1.76. The van der Waals surface area contributed by atoms with Crippen LogP contribution in [0.5, 0.6) is 0 Å². The zero-order valence-corrected chi connectivity index (χ0v) is 14.3. The maximum Gasteiger partial charge on any atom is -0.0201 e. The van der Waals surface area contributed by atoms with Gasteiger partial charge in [-0.3, -0.25) is 0 Å². The van der Waals surface area contributed by atoms with Crippen LogP contribution in [0.1, 0.15) is 86.5 Å². The molecule has 0 nitrogen and oxygen atoms in total. The van der Waals surface area contributed by atoms with Gasteiger partial charge in [-0.2, -0.15) is 0 Å². The van der Waals surface area contributed by atoms with Gasteiger partial charge in [0.15, 0.2) is 0 Å². The number of hydrogen-bond acceptors (Lipinski definition) is 0. The molecule has 2 fully saturated rings. The van der Waals surface area contributed by atoms with Gasteiger partial charge in [0.2, 0.25) is 0 Å². The molecule has 0 bridgehead atoms. The molecule has 0 heterocycles. The van der Waals surface area contributed by atoms with Crippen LogP contribution in [-0.4, -0.2) is 0 Å². The van der Waals surface area contributed by atoms with Crippen LogP contribution in [0.25, 0.3) is 0 Å². The number of fused-ring (bicyclic) bond motifs is 1. The highest BCUT2D eigenvalue weighted by atomic mass is 14.9. The summed E-state index contributed by atoms with van der Waals surface area (Å²) in [5, 5.41) is 0. The van der Waals surface area contributed by atoms with Crippen molar-refractivity contribution in [3.63, 3.8) is 0 Å². The second-order valence-corrected chi connectivity index (χ2v) is 8.49. The van der Waals surface area contributed by atoms with Gasteiger partial charge in [-0.05, 0) is 53.8 Å². The van der Waals surface area contributed by atoms with Crippen LogP contribution in [0, 0.1) is 34.5 Å². The molecule has 0 amide bonds. The van der Waals surface area contributed by atoms with E-state index in [1.54, 1.807) is 12.8 Å². The van der Waals surface area contributed by atoms with Crippen LogP contribution in [0.2, 0.25) is 0 Å². The van der Waals surface area contributed by atoms with Crippen molar-refractivity contribution in [3.8, 4) is 0 Å². The van der Waals surface area contributed by atoms with Crippen LogP contribution in [0.4, 0.5) is 0 Å². The van der Waals surface area contributed by atoms with E-state index in [0.29, 0.717) is 0 Å². The lowest BCUT2D eigenvalue weighted by Crippen LogP contribution is -2.21. The molecular formula is C19H36. The Morgan fingerprint density at radius 1 is 0.947 bits per heavy atom. The van der Waals surface area contributed by atoms with Gasteiger partial charge in [0.25, 0.3) is 0 Å². The third kappa shape index (κ3) is 2.74. The minimum atomic E-state index is 0.814. The van der Waals surface area contributed by atoms with Crippen LogP contribution >= 0.6 is 0 Å². The van der Waals surface area contributed by atoms with Gasteiger partial charge in [-0.15, -0.1) is 0 Å². The van der Waals surface area contributed by atoms with Gasteiger partial charge in [-0.25, -0.2) is 0 Å². The van der Waals surface area contributed by atoms with E-state index in [-0.39, 0.29) is 0 Å².